The van der Waals surface area contributed by atoms with E-state index in [1.165, 1.54) is 6.26 Å². The number of aromatic nitrogens is 1. The molecule has 7 nitrogen and oxygen atoms in total. The van der Waals surface area contributed by atoms with Crippen molar-refractivity contribution in [1.29, 1.82) is 0 Å². The number of amides is 2. The van der Waals surface area contributed by atoms with Crippen molar-refractivity contribution in [2.75, 3.05) is 26.2 Å². The number of aryl methyl sites for hydroxylation is 1. The molecule has 1 unspecified atom stereocenters. The van der Waals surface area contributed by atoms with E-state index in [2.05, 4.69) is 20.6 Å². The molecule has 0 radical (unpaired) electrons. The van der Waals surface area contributed by atoms with Crippen LogP contribution < -0.4 is 5.32 Å². The zero-order valence-corrected chi connectivity index (χ0v) is 16.8. The van der Waals surface area contributed by atoms with Crippen LogP contribution in [0, 0.1) is 12.8 Å². The summed E-state index contributed by atoms with van der Waals surface area (Å²) >= 11 is 1.66. The van der Waals surface area contributed by atoms with Gasteiger partial charge >= 0.3 is 0 Å². The third kappa shape index (κ3) is 4.95. The average molecular weight is 391 g/mol. The van der Waals surface area contributed by atoms with E-state index in [1.54, 1.807) is 23.5 Å². The van der Waals surface area contributed by atoms with Gasteiger partial charge in [-0.3, -0.25) is 14.5 Å². The smallest absolute Gasteiger partial charge is 0.287 e. The molecule has 2 amide bonds. The first kappa shape index (κ1) is 19.6. The minimum absolute atomic E-state index is 0.00702. The van der Waals surface area contributed by atoms with E-state index >= 15 is 0 Å². The fourth-order valence-corrected chi connectivity index (χ4v) is 3.77. The van der Waals surface area contributed by atoms with Crippen LogP contribution in [0.3, 0.4) is 0 Å². The van der Waals surface area contributed by atoms with Crippen LogP contribution >= 0.6 is 11.3 Å². The first-order chi connectivity index (χ1) is 12.9. The second-order valence-corrected chi connectivity index (χ2v) is 8.19. The van der Waals surface area contributed by atoms with E-state index in [0.717, 1.165) is 30.3 Å². The number of nitrogens with zero attached hydrogens (tertiary/aromatic N) is 3. The maximum Gasteiger partial charge on any atom is 0.287 e. The fraction of sp³-hybridized carbons (Fsp3) is 0.526. The van der Waals surface area contributed by atoms with Crippen molar-refractivity contribution in [3.63, 3.8) is 0 Å². The molecule has 0 bridgehead atoms. The van der Waals surface area contributed by atoms with Gasteiger partial charge in [0.25, 0.3) is 5.91 Å². The molecule has 0 aromatic carbocycles. The second-order valence-electron chi connectivity index (χ2n) is 7.13. The molecule has 8 heteroatoms. The van der Waals surface area contributed by atoms with Crippen molar-refractivity contribution in [3.05, 3.63) is 40.2 Å². The first-order valence-electron chi connectivity index (χ1n) is 9.20. The molecule has 1 saturated heterocycles. The molecule has 146 valence electrons. The molecule has 1 aliphatic rings. The summed E-state index contributed by atoms with van der Waals surface area (Å²) in [6, 6.07) is 2.69. The van der Waals surface area contributed by atoms with Gasteiger partial charge in [0.1, 0.15) is 6.04 Å². The van der Waals surface area contributed by atoms with E-state index in [-0.39, 0.29) is 23.5 Å². The zero-order chi connectivity index (χ0) is 19.4. The van der Waals surface area contributed by atoms with Gasteiger partial charge < -0.3 is 14.6 Å². The molecular formula is C19H26N4O3S. The number of piperazine rings is 1. The van der Waals surface area contributed by atoms with Crippen LogP contribution in [-0.4, -0.2) is 58.8 Å². The van der Waals surface area contributed by atoms with Crippen LogP contribution in [-0.2, 0) is 11.3 Å². The minimum Gasteiger partial charge on any atom is -0.459 e. The Hall–Kier alpha value is -2.19. The fourth-order valence-electron chi connectivity index (χ4n) is 3.17. The molecule has 0 spiro atoms. The molecule has 3 rings (SSSR count). The Balaban J connectivity index is 1.55. The van der Waals surface area contributed by atoms with Crippen molar-refractivity contribution >= 4 is 23.2 Å². The van der Waals surface area contributed by atoms with Crippen LogP contribution in [0.15, 0.2) is 28.2 Å². The standard InChI is InChI=1S/C19H26N4O3S/c1-13(2)17(21-18(24)16-5-4-10-26-16)19(25)23-8-6-22(7-9-23)11-15-12-27-14(3)20-15/h4-5,10,12-13,17H,6-9,11H2,1-3H3,(H,21,24). The lowest BCUT2D eigenvalue weighted by Crippen LogP contribution is -2.56. The molecule has 3 heterocycles. The van der Waals surface area contributed by atoms with E-state index in [0.29, 0.717) is 13.1 Å². The summed E-state index contributed by atoms with van der Waals surface area (Å²) in [6.07, 6.45) is 1.45. The van der Waals surface area contributed by atoms with Gasteiger partial charge in [-0.05, 0) is 25.0 Å². The number of carbonyl (C=O) groups is 2. The summed E-state index contributed by atoms with van der Waals surface area (Å²) in [7, 11) is 0. The highest BCUT2D eigenvalue weighted by Gasteiger charge is 2.31. The maximum atomic E-state index is 13.0. The SMILES string of the molecule is Cc1nc(CN2CCN(C(=O)C(NC(=O)c3ccco3)C(C)C)CC2)cs1. The van der Waals surface area contributed by atoms with E-state index in [9.17, 15) is 9.59 Å². The number of thiazole rings is 1. The summed E-state index contributed by atoms with van der Waals surface area (Å²) in [5.41, 5.74) is 1.09. The lowest BCUT2D eigenvalue weighted by Gasteiger charge is -2.37. The summed E-state index contributed by atoms with van der Waals surface area (Å²) in [6.45, 7) is 9.61. The molecule has 1 atom stereocenters. The highest BCUT2D eigenvalue weighted by molar-refractivity contribution is 7.09. The summed E-state index contributed by atoms with van der Waals surface area (Å²) < 4.78 is 5.12. The minimum atomic E-state index is -0.560. The molecule has 27 heavy (non-hydrogen) atoms. The van der Waals surface area contributed by atoms with E-state index < -0.39 is 6.04 Å². The number of nitrogens with one attached hydrogen (secondary N) is 1. The topological polar surface area (TPSA) is 78.7 Å². The van der Waals surface area contributed by atoms with Crippen molar-refractivity contribution in [2.24, 2.45) is 5.92 Å². The molecule has 1 aliphatic heterocycles. The third-order valence-corrected chi connectivity index (χ3v) is 5.52. The quantitative estimate of drug-likeness (QED) is 0.818. The number of hydrogen-bond acceptors (Lipinski definition) is 6. The molecule has 1 fully saturated rings. The predicted molar refractivity (Wildman–Crippen MR) is 104 cm³/mol. The largest absolute Gasteiger partial charge is 0.459 e. The lowest BCUT2D eigenvalue weighted by atomic mass is 10.0. The molecule has 1 N–H and O–H groups in total. The molecule has 0 saturated carbocycles. The van der Waals surface area contributed by atoms with Crippen molar-refractivity contribution < 1.29 is 14.0 Å². The Kier molecular flexibility index (Phi) is 6.28. The van der Waals surface area contributed by atoms with Crippen molar-refractivity contribution in [1.82, 2.24) is 20.1 Å². The van der Waals surface area contributed by atoms with Crippen LogP contribution in [0.2, 0.25) is 0 Å². The Morgan fingerprint density at radius 3 is 2.59 bits per heavy atom. The highest BCUT2D eigenvalue weighted by Crippen LogP contribution is 2.14. The van der Waals surface area contributed by atoms with E-state index in [1.807, 2.05) is 25.7 Å². The van der Waals surface area contributed by atoms with Crippen LogP contribution in [0.1, 0.15) is 35.1 Å². The Bertz CT molecular complexity index is 764. The molecule has 2 aromatic heterocycles. The Labute approximate surface area is 163 Å². The Morgan fingerprint density at radius 2 is 2.04 bits per heavy atom. The monoisotopic (exact) mass is 390 g/mol. The molecular weight excluding hydrogens is 364 g/mol. The van der Waals surface area contributed by atoms with Gasteiger partial charge in [0.05, 0.1) is 17.0 Å². The zero-order valence-electron chi connectivity index (χ0n) is 16.0. The summed E-state index contributed by atoms with van der Waals surface area (Å²) in [5.74, 6) is -0.178. The normalized spacial score (nSPS) is 16.5. The van der Waals surface area contributed by atoms with Crippen molar-refractivity contribution in [2.45, 2.75) is 33.4 Å². The van der Waals surface area contributed by atoms with Crippen molar-refractivity contribution in [3.8, 4) is 0 Å². The van der Waals surface area contributed by atoms with Gasteiger partial charge in [0.2, 0.25) is 5.91 Å². The maximum absolute atomic E-state index is 13.0. The van der Waals surface area contributed by atoms with Crippen LogP contribution in [0.4, 0.5) is 0 Å². The highest BCUT2D eigenvalue weighted by atomic mass is 32.1. The number of rotatable bonds is 6. The summed E-state index contributed by atoms with van der Waals surface area (Å²) in [4.78, 5) is 33.9. The number of carbonyl (C=O) groups excluding carboxylic acids is 2. The van der Waals surface area contributed by atoms with Gasteiger partial charge in [-0.1, -0.05) is 13.8 Å². The lowest BCUT2D eigenvalue weighted by molar-refractivity contribution is -0.136. The Morgan fingerprint density at radius 1 is 1.30 bits per heavy atom. The third-order valence-electron chi connectivity index (χ3n) is 4.70. The summed E-state index contributed by atoms with van der Waals surface area (Å²) in [5, 5.41) is 5.99. The average Bonchev–Trinajstić information content (AvgIpc) is 3.31. The molecule has 2 aromatic rings. The second kappa shape index (κ2) is 8.67. The van der Waals surface area contributed by atoms with Gasteiger partial charge in [-0.25, -0.2) is 4.98 Å². The van der Waals surface area contributed by atoms with Gasteiger partial charge in [-0.15, -0.1) is 11.3 Å². The predicted octanol–water partition coefficient (Wildman–Crippen LogP) is 2.14. The van der Waals surface area contributed by atoms with Gasteiger partial charge in [-0.2, -0.15) is 0 Å². The number of hydrogen-bond donors (Lipinski definition) is 1. The van der Waals surface area contributed by atoms with Gasteiger partial charge in [0.15, 0.2) is 5.76 Å². The van der Waals surface area contributed by atoms with E-state index in [4.69, 9.17) is 4.42 Å². The van der Waals surface area contributed by atoms with Crippen LogP contribution in [0.25, 0.3) is 0 Å². The van der Waals surface area contributed by atoms with Crippen LogP contribution in [0.5, 0.6) is 0 Å². The molecule has 0 aliphatic carbocycles. The number of furan rings is 1. The first-order valence-corrected chi connectivity index (χ1v) is 10.1. The van der Waals surface area contributed by atoms with Gasteiger partial charge in [0, 0.05) is 38.1 Å².